The van der Waals surface area contributed by atoms with E-state index in [-0.39, 0.29) is 17.3 Å². The molecule has 0 aliphatic carbocycles. The van der Waals surface area contributed by atoms with Gasteiger partial charge in [0.15, 0.2) is 0 Å². The third-order valence-electron chi connectivity index (χ3n) is 2.81. The third-order valence-corrected chi connectivity index (χ3v) is 3.71. The van der Waals surface area contributed by atoms with Crippen LogP contribution in [0.1, 0.15) is 0 Å². The van der Waals surface area contributed by atoms with Crippen molar-refractivity contribution >= 4 is 44.4 Å². The molecule has 0 spiro atoms. The first-order chi connectivity index (χ1) is 9.63. The Morgan fingerprint density at radius 2 is 2.10 bits per heavy atom. The molecule has 0 aliphatic rings. The molecule has 0 atom stereocenters. The highest BCUT2D eigenvalue weighted by molar-refractivity contribution is 7.17. The van der Waals surface area contributed by atoms with Gasteiger partial charge in [-0.3, -0.25) is 10.1 Å². The normalized spacial score (nSPS) is 10.6. The lowest BCUT2D eigenvalue weighted by atomic mass is 10.2. The van der Waals surface area contributed by atoms with Gasteiger partial charge in [-0.1, -0.05) is 0 Å². The van der Waals surface area contributed by atoms with Gasteiger partial charge in [0.2, 0.25) is 5.82 Å². The summed E-state index contributed by atoms with van der Waals surface area (Å²) >= 11 is 1.64. The first-order valence-electron chi connectivity index (χ1n) is 5.79. The monoisotopic (exact) mass is 286 g/mol. The van der Waals surface area contributed by atoms with Crippen LogP contribution in [0.15, 0.2) is 41.8 Å². The second kappa shape index (κ2) is 4.78. The molecule has 3 rings (SSSR count). The summed E-state index contributed by atoms with van der Waals surface area (Å²) in [5, 5.41) is 17.0. The Morgan fingerprint density at radius 3 is 2.90 bits per heavy atom. The summed E-state index contributed by atoms with van der Waals surface area (Å²) in [4.78, 5) is 14.5. The summed E-state index contributed by atoms with van der Waals surface area (Å²) in [5.74, 6) is 0.374. The molecule has 0 saturated heterocycles. The molecule has 2 aromatic heterocycles. The molecule has 6 nitrogen and oxygen atoms in total. The van der Waals surface area contributed by atoms with Crippen LogP contribution in [0, 0.1) is 10.1 Å². The van der Waals surface area contributed by atoms with Crippen molar-refractivity contribution in [1.29, 1.82) is 0 Å². The maximum atomic E-state index is 11.0. The Morgan fingerprint density at radius 1 is 1.25 bits per heavy atom. The number of nitrogens with one attached hydrogen (secondary N) is 1. The topological polar surface area (TPSA) is 94.1 Å². The molecule has 1 aromatic carbocycles. The molecule has 0 radical (unpaired) electrons. The van der Waals surface area contributed by atoms with Gasteiger partial charge >= 0.3 is 5.69 Å². The minimum Gasteiger partial charge on any atom is -0.384 e. The van der Waals surface area contributed by atoms with Crippen LogP contribution >= 0.6 is 11.3 Å². The predicted molar refractivity (Wildman–Crippen MR) is 80.4 cm³/mol. The Labute approximate surface area is 118 Å². The van der Waals surface area contributed by atoms with Gasteiger partial charge in [-0.15, -0.1) is 11.3 Å². The van der Waals surface area contributed by atoms with Crippen molar-refractivity contribution in [3.8, 4) is 0 Å². The lowest BCUT2D eigenvalue weighted by Crippen LogP contribution is -2.01. The molecule has 20 heavy (non-hydrogen) atoms. The first kappa shape index (κ1) is 12.4. The fourth-order valence-electron chi connectivity index (χ4n) is 1.89. The van der Waals surface area contributed by atoms with E-state index < -0.39 is 4.92 Å². The number of pyridine rings is 1. The number of nitro groups is 1. The van der Waals surface area contributed by atoms with Crippen molar-refractivity contribution in [2.45, 2.75) is 0 Å². The maximum absolute atomic E-state index is 11.0. The lowest BCUT2D eigenvalue weighted by Gasteiger charge is -2.07. The van der Waals surface area contributed by atoms with Crippen molar-refractivity contribution in [1.82, 2.24) is 4.98 Å². The summed E-state index contributed by atoms with van der Waals surface area (Å²) in [5.41, 5.74) is 6.21. The van der Waals surface area contributed by atoms with Gasteiger partial charge in [-0.25, -0.2) is 4.98 Å². The van der Waals surface area contributed by atoms with Crippen molar-refractivity contribution < 1.29 is 4.92 Å². The highest BCUT2D eigenvalue weighted by Gasteiger charge is 2.15. The predicted octanol–water partition coefficient (Wildman–Crippen LogP) is 3.53. The number of rotatable bonds is 3. The molecular weight excluding hydrogens is 276 g/mol. The summed E-state index contributed by atoms with van der Waals surface area (Å²) in [6.07, 6.45) is 0. The number of nitrogens with zero attached hydrogens (tertiary/aromatic N) is 2. The zero-order valence-electron chi connectivity index (χ0n) is 10.2. The number of hydrogen-bond acceptors (Lipinski definition) is 6. The van der Waals surface area contributed by atoms with E-state index in [1.807, 2.05) is 29.6 Å². The molecule has 3 aromatic rings. The van der Waals surface area contributed by atoms with E-state index in [1.54, 1.807) is 11.3 Å². The number of anilines is 3. The minimum absolute atomic E-state index is 0.107. The molecule has 3 N–H and O–H groups in total. The first-order valence-corrected chi connectivity index (χ1v) is 6.66. The molecule has 7 heteroatoms. The van der Waals surface area contributed by atoms with Crippen LogP contribution < -0.4 is 11.1 Å². The molecule has 100 valence electrons. The lowest BCUT2D eigenvalue weighted by molar-refractivity contribution is -0.384. The van der Waals surface area contributed by atoms with E-state index in [0.29, 0.717) is 0 Å². The van der Waals surface area contributed by atoms with Gasteiger partial charge in [-0.05, 0) is 41.1 Å². The largest absolute Gasteiger partial charge is 0.384 e. The van der Waals surface area contributed by atoms with E-state index in [0.717, 1.165) is 15.8 Å². The van der Waals surface area contributed by atoms with Crippen molar-refractivity contribution in [3.05, 3.63) is 51.9 Å². The fourth-order valence-corrected chi connectivity index (χ4v) is 2.66. The van der Waals surface area contributed by atoms with Gasteiger partial charge in [-0.2, -0.15) is 0 Å². The quantitative estimate of drug-likeness (QED) is 0.567. The zero-order chi connectivity index (χ0) is 14.1. The fraction of sp³-hybridized carbons (Fsp3) is 0. The average Bonchev–Trinajstić information content (AvgIpc) is 2.85. The smallest absolute Gasteiger partial charge is 0.311 e. The summed E-state index contributed by atoms with van der Waals surface area (Å²) in [6.45, 7) is 0. The van der Waals surface area contributed by atoms with E-state index in [9.17, 15) is 10.1 Å². The third kappa shape index (κ3) is 2.26. The Kier molecular flexibility index (Phi) is 2.96. The van der Waals surface area contributed by atoms with Crippen molar-refractivity contribution in [2.75, 3.05) is 11.1 Å². The van der Waals surface area contributed by atoms with E-state index in [4.69, 9.17) is 5.73 Å². The Hall–Kier alpha value is -2.67. The number of fused-ring (bicyclic) bond motifs is 1. The van der Waals surface area contributed by atoms with Crippen LogP contribution in [0.4, 0.5) is 23.0 Å². The van der Waals surface area contributed by atoms with E-state index in [2.05, 4.69) is 10.3 Å². The summed E-state index contributed by atoms with van der Waals surface area (Å²) < 4.78 is 1.16. The van der Waals surface area contributed by atoms with Gasteiger partial charge in [0.25, 0.3) is 0 Å². The average molecular weight is 286 g/mol. The SMILES string of the molecule is Nc1ccc([N+](=O)[O-])c(Nc2ccc3sccc3c2)n1. The minimum atomic E-state index is -0.488. The van der Waals surface area contributed by atoms with Crippen LogP contribution in [0.25, 0.3) is 10.1 Å². The standard InChI is InChI=1S/C13H10N4O2S/c14-12-4-2-10(17(18)19)13(16-12)15-9-1-3-11-8(7-9)5-6-20-11/h1-7H,(H3,14,15,16). The van der Waals surface area contributed by atoms with Crippen LogP contribution in [0.3, 0.4) is 0 Å². The molecule has 2 heterocycles. The molecule has 0 unspecified atom stereocenters. The molecule has 0 amide bonds. The molecule has 0 fully saturated rings. The van der Waals surface area contributed by atoms with Gasteiger partial charge < -0.3 is 11.1 Å². The zero-order valence-corrected chi connectivity index (χ0v) is 11.1. The van der Waals surface area contributed by atoms with Crippen LogP contribution in [0.5, 0.6) is 0 Å². The Bertz CT molecular complexity index is 800. The molecule has 0 aliphatic heterocycles. The second-order valence-electron chi connectivity index (χ2n) is 4.16. The number of thiophene rings is 1. The van der Waals surface area contributed by atoms with Crippen LogP contribution in [0.2, 0.25) is 0 Å². The molecular formula is C13H10N4O2S. The van der Waals surface area contributed by atoms with Crippen LogP contribution in [-0.2, 0) is 0 Å². The highest BCUT2D eigenvalue weighted by atomic mass is 32.1. The second-order valence-corrected chi connectivity index (χ2v) is 5.11. The number of hydrogen-bond donors (Lipinski definition) is 2. The van der Waals surface area contributed by atoms with Gasteiger partial charge in [0.1, 0.15) is 5.82 Å². The highest BCUT2D eigenvalue weighted by Crippen LogP contribution is 2.29. The number of nitrogens with two attached hydrogens (primary N) is 1. The van der Waals surface area contributed by atoms with E-state index >= 15 is 0 Å². The summed E-state index contributed by atoms with van der Waals surface area (Å²) in [7, 11) is 0. The van der Waals surface area contributed by atoms with Crippen LogP contribution in [-0.4, -0.2) is 9.91 Å². The maximum Gasteiger partial charge on any atom is 0.311 e. The number of aromatic nitrogens is 1. The van der Waals surface area contributed by atoms with Crippen molar-refractivity contribution in [2.24, 2.45) is 0 Å². The van der Waals surface area contributed by atoms with Gasteiger partial charge in [0, 0.05) is 16.5 Å². The summed E-state index contributed by atoms with van der Waals surface area (Å²) in [6, 6.07) is 10.5. The van der Waals surface area contributed by atoms with Crippen molar-refractivity contribution in [3.63, 3.8) is 0 Å². The number of nitrogen functional groups attached to an aromatic ring is 1. The number of benzene rings is 1. The van der Waals surface area contributed by atoms with Gasteiger partial charge in [0.05, 0.1) is 4.92 Å². The van der Waals surface area contributed by atoms with E-state index in [1.165, 1.54) is 12.1 Å². The molecule has 0 bridgehead atoms. The Balaban J connectivity index is 2.01. The molecule has 0 saturated carbocycles.